The Balaban J connectivity index is 1.80. The summed E-state index contributed by atoms with van der Waals surface area (Å²) in [4.78, 5) is 4.43. The summed E-state index contributed by atoms with van der Waals surface area (Å²) in [5.74, 6) is 0.503. The van der Waals surface area contributed by atoms with Crippen LogP contribution < -0.4 is 5.32 Å². The van der Waals surface area contributed by atoms with Gasteiger partial charge in [0, 0.05) is 36.3 Å². The van der Waals surface area contributed by atoms with Crippen molar-refractivity contribution < 1.29 is 0 Å². The Kier molecular flexibility index (Phi) is 3.60. The highest BCUT2D eigenvalue weighted by atomic mass is 15.2. The van der Waals surface area contributed by atoms with Crippen LogP contribution in [0.25, 0.3) is 5.65 Å². The van der Waals surface area contributed by atoms with Gasteiger partial charge >= 0.3 is 0 Å². The fraction of sp³-hybridized carbons (Fsp3) is 0.294. The van der Waals surface area contributed by atoms with Crippen LogP contribution >= 0.6 is 0 Å². The van der Waals surface area contributed by atoms with E-state index in [0.29, 0.717) is 5.92 Å². The van der Waals surface area contributed by atoms with E-state index in [1.807, 2.05) is 29.9 Å². The molecule has 0 aliphatic carbocycles. The maximum Gasteiger partial charge on any atom is 0.155 e. The van der Waals surface area contributed by atoms with Crippen molar-refractivity contribution in [1.82, 2.24) is 14.6 Å². The lowest BCUT2D eigenvalue weighted by atomic mass is 10.0. The highest BCUT2D eigenvalue weighted by Gasteiger charge is 2.06. The van der Waals surface area contributed by atoms with Gasteiger partial charge in [-0.3, -0.25) is 0 Å². The number of aryl methyl sites for hydroxylation is 1. The third-order valence-electron chi connectivity index (χ3n) is 3.55. The van der Waals surface area contributed by atoms with Gasteiger partial charge in [0.15, 0.2) is 5.65 Å². The van der Waals surface area contributed by atoms with Crippen LogP contribution in [0.3, 0.4) is 0 Å². The number of anilines is 1. The van der Waals surface area contributed by atoms with Crippen LogP contribution in [0.5, 0.6) is 0 Å². The molecule has 0 spiro atoms. The summed E-state index contributed by atoms with van der Waals surface area (Å²) >= 11 is 0. The van der Waals surface area contributed by atoms with Crippen LogP contribution in [0.2, 0.25) is 0 Å². The van der Waals surface area contributed by atoms with Crippen LogP contribution in [-0.2, 0) is 6.54 Å². The molecule has 0 atom stereocenters. The summed E-state index contributed by atoms with van der Waals surface area (Å²) in [5, 5.41) is 7.90. The van der Waals surface area contributed by atoms with Crippen molar-refractivity contribution in [3.05, 3.63) is 59.5 Å². The molecule has 3 rings (SSSR count). The first kappa shape index (κ1) is 13.6. The fourth-order valence-electron chi connectivity index (χ4n) is 2.48. The number of hydrogen-bond donors (Lipinski definition) is 1. The Morgan fingerprint density at radius 2 is 2.05 bits per heavy atom. The van der Waals surface area contributed by atoms with E-state index >= 15 is 0 Å². The smallest absolute Gasteiger partial charge is 0.155 e. The average molecular weight is 280 g/mol. The minimum absolute atomic E-state index is 0.503. The van der Waals surface area contributed by atoms with Gasteiger partial charge in [0.05, 0.1) is 5.69 Å². The summed E-state index contributed by atoms with van der Waals surface area (Å²) in [6, 6.07) is 10.4. The average Bonchev–Trinajstić information content (AvgIpc) is 2.84. The molecule has 4 nitrogen and oxygen atoms in total. The van der Waals surface area contributed by atoms with Crippen molar-refractivity contribution in [1.29, 1.82) is 0 Å². The molecule has 2 aromatic heterocycles. The van der Waals surface area contributed by atoms with E-state index in [1.165, 1.54) is 11.3 Å². The SMILES string of the molecule is Cc1cc2ncc(CNc3ccccc3C(C)C)cn2n1. The van der Waals surface area contributed by atoms with Gasteiger partial charge in [-0.1, -0.05) is 32.0 Å². The predicted octanol–water partition coefficient (Wildman–Crippen LogP) is 3.77. The standard InChI is InChI=1S/C17H20N4/c1-12(2)15-6-4-5-7-16(15)18-9-14-10-19-17-8-13(3)20-21(17)11-14/h4-8,10-12,18H,9H2,1-3H3. The third-order valence-corrected chi connectivity index (χ3v) is 3.55. The van der Waals surface area contributed by atoms with Gasteiger partial charge in [0.2, 0.25) is 0 Å². The van der Waals surface area contributed by atoms with Crippen LogP contribution in [0.1, 0.15) is 36.6 Å². The Morgan fingerprint density at radius 1 is 1.24 bits per heavy atom. The maximum atomic E-state index is 4.43. The second kappa shape index (κ2) is 5.56. The van der Waals surface area contributed by atoms with E-state index in [-0.39, 0.29) is 0 Å². The lowest BCUT2D eigenvalue weighted by Gasteiger charge is -2.14. The molecule has 0 radical (unpaired) electrons. The highest BCUT2D eigenvalue weighted by Crippen LogP contribution is 2.24. The van der Waals surface area contributed by atoms with Gasteiger partial charge in [-0.25, -0.2) is 9.50 Å². The predicted molar refractivity (Wildman–Crippen MR) is 85.6 cm³/mol. The van der Waals surface area contributed by atoms with Gasteiger partial charge in [0.1, 0.15) is 0 Å². The summed E-state index contributed by atoms with van der Waals surface area (Å²) < 4.78 is 1.83. The minimum Gasteiger partial charge on any atom is -0.381 e. The van der Waals surface area contributed by atoms with Gasteiger partial charge < -0.3 is 5.32 Å². The monoisotopic (exact) mass is 280 g/mol. The zero-order valence-electron chi connectivity index (χ0n) is 12.7. The molecule has 0 fully saturated rings. The van der Waals surface area contributed by atoms with Crippen molar-refractivity contribution in [2.75, 3.05) is 5.32 Å². The Morgan fingerprint density at radius 3 is 2.86 bits per heavy atom. The first-order valence-corrected chi connectivity index (χ1v) is 7.27. The molecule has 2 heterocycles. The molecule has 0 aliphatic heterocycles. The molecule has 108 valence electrons. The van der Waals surface area contributed by atoms with Crippen LogP contribution in [0.15, 0.2) is 42.7 Å². The summed E-state index contributed by atoms with van der Waals surface area (Å²) in [6.45, 7) is 7.14. The van der Waals surface area contributed by atoms with E-state index in [9.17, 15) is 0 Å². The second-order valence-electron chi connectivity index (χ2n) is 5.65. The van der Waals surface area contributed by atoms with Crippen molar-refractivity contribution in [2.45, 2.75) is 33.2 Å². The molecule has 0 aliphatic rings. The number of nitrogens with zero attached hydrogens (tertiary/aromatic N) is 3. The van der Waals surface area contributed by atoms with E-state index < -0.39 is 0 Å². The molecule has 1 aromatic carbocycles. The van der Waals surface area contributed by atoms with Gasteiger partial charge in [-0.05, 0) is 24.5 Å². The maximum absolute atomic E-state index is 4.43. The normalized spacial score (nSPS) is 11.2. The Labute approximate surface area is 124 Å². The molecule has 0 unspecified atom stereocenters. The number of nitrogens with one attached hydrogen (secondary N) is 1. The van der Waals surface area contributed by atoms with Crippen molar-refractivity contribution in [3.63, 3.8) is 0 Å². The molecule has 3 aromatic rings. The number of benzene rings is 1. The molecule has 0 amide bonds. The lowest BCUT2D eigenvalue weighted by Crippen LogP contribution is -2.05. The molecule has 0 saturated heterocycles. The molecule has 4 heteroatoms. The molecular weight excluding hydrogens is 260 g/mol. The molecule has 1 N–H and O–H groups in total. The number of para-hydroxylation sites is 1. The van der Waals surface area contributed by atoms with Gasteiger partial charge in [-0.15, -0.1) is 0 Å². The Bertz CT molecular complexity index is 758. The molecule has 0 saturated carbocycles. The van der Waals surface area contributed by atoms with Crippen LogP contribution in [-0.4, -0.2) is 14.6 Å². The topological polar surface area (TPSA) is 42.2 Å². The van der Waals surface area contributed by atoms with Crippen LogP contribution in [0.4, 0.5) is 5.69 Å². The van der Waals surface area contributed by atoms with Crippen molar-refractivity contribution in [3.8, 4) is 0 Å². The quantitative estimate of drug-likeness (QED) is 0.791. The van der Waals surface area contributed by atoms with E-state index in [2.05, 4.69) is 53.5 Å². The van der Waals surface area contributed by atoms with Gasteiger partial charge in [-0.2, -0.15) is 5.10 Å². The molecule has 0 bridgehead atoms. The van der Waals surface area contributed by atoms with Gasteiger partial charge in [0.25, 0.3) is 0 Å². The molecular formula is C17H20N4. The largest absolute Gasteiger partial charge is 0.381 e. The van der Waals surface area contributed by atoms with E-state index in [0.717, 1.165) is 23.4 Å². The van der Waals surface area contributed by atoms with Crippen molar-refractivity contribution >= 4 is 11.3 Å². The number of rotatable bonds is 4. The highest BCUT2D eigenvalue weighted by molar-refractivity contribution is 5.52. The summed E-state index contributed by atoms with van der Waals surface area (Å²) in [5.41, 5.74) is 5.51. The van der Waals surface area contributed by atoms with Crippen molar-refractivity contribution in [2.24, 2.45) is 0 Å². The number of hydrogen-bond acceptors (Lipinski definition) is 3. The van der Waals surface area contributed by atoms with E-state index in [4.69, 9.17) is 0 Å². The summed E-state index contributed by atoms with van der Waals surface area (Å²) in [7, 11) is 0. The lowest BCUT2D eigenvalue weighted by molar-refractivity contribution is 0.862. The zero-order chi connectivity index (χ0) is 14.8. The third kappa shape index (κ3) is 2.89. The van der Waals surface area contributed by atoms with E-state index in [1.54, 1.807) is 0 Å². The minimum atomic E-state index is 0.503. The molecule has 21 heavy (non-hydrogen) atoms. The zero-order valence-corrected chi connectivity index (χ0v) is 12.7. The Hall–Kier alpha value is -2.36. The first-order valence-electron chi connectivity index (χ1n) is 7.27. The number of aromatic nitrogens is 3. The second-order valence-corrected chi connectivity index (χ2v) is 5.65. The first-order chi connectivity index (χ1) is 10.1. The number of fused-ring (bicyclic) bond motifs is 1. The fourth-order valence-corrected chi connectivity index (χ4v) is 2.48. The summed E-state index contributed by atoms with van der Waals surface area (Å²) in [6.07, 6.45) is 3.93. The van der Waals surface area contributed by atoms with Crippen LogP contribution in [0, 0.1) is 6.92 Å².